The van der Waals surface area contributed by atoms with Gasteiger partial charge in [0.25, 0.3) is 0 Å². The van der Waals surface area contributed by atoms with E-state index in [2.05, 4.69) is 49.9 Å². The van der Waals surface area contributed by atoms with E-state index in [0.717, 1.165) is 25.2 Å². The zero-order valence-corrected chi connectivity index (χ0v) is 10.6. The first kappa shape index (κ1) is 14.1. The maximum absolute atomic E-state index is 5.31. The zero-order valence-electron chi connectivity index (χ0n) is 10.6. The van der Waals surface area contributed by atoms with Crippen molar-refractivity contribution in [1.29, 1.82) is 0 Å². The molecule has 0 atom stereocenters. The number of hydrogen-bond donors (Lipinski definition) is 1. The number of aliphatic imine (C=N–C) groups is 1. The molecule has 0 aromatic carbocycles. The molecule has 15 heavy (non-hydrogen) atoms. The van der Waals surface area contributed by atoms with Crippen LogP contribution in [0.5, 0.6) is 0 Å². The number of hydrogen-bond acceptors (Lipinski definition) is 4. The summed E-state index contributed by atoms with van der Waals surface area (Å²) in [4.78, 5) is 6.47. The summed E-state index contributed by atoms with van der Waals surface area (Å²) in [6.07, 6.45) is 2.85. The standard InChI is InChI=1S/C11H24N4/c1-11(2,3)10(14-12)9-13-7-6-8-15(4)5/h9H,6-8,12H2,1-5H3. The lowest BCUT2D eigenvalue weighted by molar-refractivity contribution is 0.403. The summed E-state index contributed by atoms with van der Waals surface area (Å²) in [5, 5.41) is 3.75. The maximum atomic E-state index is 5.31. The van der Waals surface area contributed by atoms with Crippen molar-refractivity contribution in [2.45, 2.75) is 27.2 Å². The topological polar surface area (TPSA) is 54.0 Å². The van der Waals surface area contributed by atoms with Crippen LogP contribution in [0.2, 0.25) is 0 Å². The van der Waals surface area contributed by atoms with Crippen LogP contribution in [0.3, 0.4) is 0 Å². The first-order valence-corrected chi connectivity index (χ1v) is 5.31. The lowest BCUT2D eigenvalue weighted by atomic mass is 9.91. The fourth-order valence-corrected chi connectivity index (χ4v) is 1.05. The molecule has 4 nitrogen and oxygen atoms in total. The van der Waals surface area contributed by atoms with Crippen LogP contribution in [-0.4, -0.2) is 44.0 Å². The Morgan fingerprint density at radius 1 is 1.33 bits per heavy atom. The lowest BCUT2D eigenvalue weighted by Crippen LogP contribution is -2.23. The van der Waals surface area contributed by atoms with Gasteiger partial charge < -0.3 is 10.7 Å². The van der Waals surface area contributed by atoms with Crippen LogP contribution in [0.1, 0.15) is 27.2 Å². The molecule has 0 bridgehead atoms. The molecule has 0 saturated heterocycles. The van der Waals surface area contributed by atoms with E-state index in [-0.39, 0.29) is 5.41 Å². The van der Waals surface area contributed by atoms with E-state index < -0.39 is 0 Å². The summed E-state index contributed by atoms with van der Waals surface area (Å²) < 4.78 is 0. The largest absolute Gasteiger partial charge is 0.323 e. The maximum Gasteiger partial charge on any atom is 0.0831 e. The van der Waals surface area contributed by atoms with Crippen LogP contribution in [0.15, 0.2) is 10.1 Å². The Bertz CT molecular complexity index is 223. The van der Waals surface area contributed by atoms with Crippen molar-refractivity contribution < 1.29 is 0 Å². The summed E-state index contributed by atoms with van der Waals surface area (Å²) in [5.41, 5.74) is 0.812. The molecule has 0 unspecified atom stereocenters. The van der Waals surface area contributed by atoms with Gasteiger partial charge in [0, 0.05) is 18.2 Å². The van der Waals surface area contributed by atoms with Gasteiger partial charge in [0.2, 0.25) is 0 Å². The number of nitrogens with zero attached hydrogens (tertiary/aromatic N) is 3. The molecule has 0 radical (unpaired) electrons. The molecule has 0 aliphatic heterocycles. The van der Waals surface area contributed by atoms with Gasteiger partial charge in [-0.25, -0.2) is 0 Å². The molecular formula is C11H24N4. The second-order valence-electron chi connectivity index (χ2n) is 4.96. The first-order chi connectivity index (χ1) is 6.88. The second-order valence-corrected chi connectivity index (χ2v) is 4.96. The minimum absolute atomic E-state index is 0.0280. The molecule has 2 N–H and O–H groups in total. The Kier molecular flexibility index (Phi) is 6.17. The molecular weight excluding hydrogens is 188 g/mol. The highest BCUT2D eigenvalue weighted by atomic mass is 15.1. The summed E-state index contributed by atoms with van der Waals surface area (Å²) >= 11 is 0. The second kappa shape index (κ2) is 6.56. The van der Waals surface area contributed by atoms with E-state index in [1.165, 1.54) is 0 Å². The predicted octanol–water partition coefficient (Wildman–Crippen LogP) is 1.37. The number of hydrazone groups is 1. The SMILES string of the molecule is CN(C)CCCN=CC(=NN)C(C)(C)C. The third-order valence-electron chi connectivity index (χ3n) is 2.01. The Morgan fingerprint density at radius 3 is 2.33 bits per heavy atom. The fourth-order valence-electron chi connectivity index (χ4n) is 1.05. The molecule has 4 heteroatoms. The smallest absolute Gasteiger partial charge is 0.0831 e. The van der Waals surface area contributed by atoms with Gasteiger partial charge in [-0.05, 0) is 27.1 Å². The molecule has 0 heterocycles. The van der Waals surface area contributed by atoms with Crippen molar-refractivity contribution in [3.05, 3.63) is 0 Å². The van der Waals surface area contributed by atoms with Crippen molar-refractivity contribution in [3.63, 3.8) is 0 Å². The predicted molar refractivity (Wildman–Crippen MR) is 67.6 cm³/mol. The van der Waals surface area contributed by atoms with Crippen molar-refractivity contribution in [1.82, 2.24) is 4.90 Å². The third kappa shape index (κ3) is 7.08. The van der Waals surface area contributed by atoms with Crippen molar-refractivity contribution in [2.75, 3.05) is 27.2 Å². The first-order valence-electron chi connectivity index (χ1n) is 5.31. The number of nitrogens with two attached hydrogens (primary N) is 1. The quantitative estimate of drug-likeness (QED) is 0.324. The van der Waals surface area contributed by atoms with Gasteiger partial charge in [0.05, 0.1) is 5.71 Å². The van der Waals surface area contributed by atoms with E-state index in [0.29, 0.717) is 0 Å². The fraction of sp³-hybridized carbons (Fsp3) is 0.818. The molecule has 88 valence electrons. The normalized spacial score (nSPS) is 14.1. The van der Waals surface area contributed by atoms with E-state index >= 15 is 0 Å². The van der Waals surface area contributed by atoms with Crippen molar-refractivity contribution >= 4 is 11.9 Å². The highest BCUT2D eigenvalue weighted by molar-refractivity contribution is 6.32. The lowest BCUT2D eigenvalue weighted by Gasteiger charge is -2.16. The van der Waals surface area contributed by atoms with E-state index in [9.17, 15) is 0 Å². The highest BCUT2D eigenvalue weighted by Crippen LogP contribution is 2.14. The minimum Gasteiger partial charge on any atom is -0.323 e. The molecule has 0 aliphatic carbocycles. The highest BCUT2D eigenvalue weighted by Gasteiger charge is 2.16. The molecule has 0 rings (SSSR count). The molecule has 0 amide bonds. The minimum atomic E-state index is -0.0280. The Labute approximate surface area is 93.2 Å². The van der Waals surface area contributed by atoms with Crippen molar-refractivity contribution in [3.8, 4) is 0 Å². The van der Waals surface area contributed by atoms with Crippen LogP contribution in [0, 0.1) is 5.41 Å². The van der Waals surface area contributed by atoms with Crippen LogP contribution < -0.4 is 5.84 Å². The summed E-state index contributed by atoms with van der Waals surface area (Å²) in [5.74, 6) is 5.31. The molecule has 0 saturated carbocycles. The third-order valence-corrected chi connectivity index (χ3v) is 2.01. The summed E-state index contributed by atoms with van der Waals surface area (Å²) in [6.45, 7) is 8.11. The van der Waals surface area contributed by atoms with Gasteiger partial charge in [0.15, 0.2) is 0 Å². The van der Waals surface area contributed by atoms with E-state index in [4.69, 9.17) is 5.84 Å². The summed E-state index contributed by atoms with van der Waals surface area (Å²) in [7, 11) is 4.12. The van der Waals surface area contributed by atoms with Gasteiger partial charge in [-0.3, -0.25) is 4.99 Å². The zero-order chi connectivity index (χ0) is 11.9. The Hall–Kier alpha value is -0.900. The van der Waals surface area contributed by atoms with Crippen LogP contribution in [0.25, 0.3) is 0 Å². The molecule has 0 aliphatic rings. The summed E-state index contributed by atoms with van der Waals surface area (Å²) in [6, 6.07) is 0. The molecule has 0 aromatic heterocycles. The number of rotatable bonds is 5. The van der Waals surface area contributed by atoms with E-state index in [1.54, 1.807) is 6.21 Å². The molecule has 0 fully saturated rings. The average Bonchev–Trinajstić information content (AvgIpc) is 2.08. The van der Waals surface area contributed by atoms with Gasteiger partial charge >= 0.3 is 0 Å². The van der Waals surface area contributed by atoms with Gasteiger partial charge in [0.1, 0.15) is 0 Å². The average molecular weight is 212 g/mol. The Balaban J connectivity index is 3.95. The van der Waals surface area contributed by atoms with Crippen molar-refractivity contribution in [2.24, 2.45) is 21.4 Å². The van der Waals surface area contributed by atoms with Crippen LogP contribution in [-0.2, 0) is 0 Å². The van der Waals surface area contributed by atoms with Gasteiger partial charge in [-0.15, -0.1) is 0 Å². The van der Waals surface area contributed by atoms with Crippen LogP contribution in [0.4, 0.5) is 0 Å². The van der Waals surface area contributed by atoms with Crippen LogP contribution >= 0.6 is 0 Å². The monoisotopic (exact) mass is 212 g/mol. The Morgan fingerprint density at radius 2 is 1.93 bits per heavy atom. The van der Waals surface area contributed by atoms with E-state index in [1.807, 2.05) is 0 Å². The molecule has 0 aromatic rings. The van der Waals surface area contributed by atoms with Gasteiger partial charge in [-0.1, -0.05) is 20.8 Å². The molecule has 0 spiro atoms. The van der Waals surface area contributed by atoms with Gasteiger partial charge in [-0.2, -0.15) is 5.10 Å².